The number of primary amides is 1. The molecule has 1 fully saturated rings. The Morgan fingerprint density at radius 2 is 1.73 bits per heavy atom. The second kappa shape index (κ2) is 14.5. The zero-order chi connectivity index (χ0) is 32.8. The van der Waals surface area contributed by atoms with E-state index in [-0.39, 0.29) is 17.5 Å². The summed E-state index contributed by atoms with van der Waals surface area (Å²) >= 11 is 0. The van der Waals surface area contributed by atoms with Crippen LogP contribution in [0.15, 0.2) is 36.5 Å². The lowest BCUT2D eigenvalue weighted by molar-refractivity contribution is -0.192. The number of halogens is 4. The van der Waals surface area contributed by atoms with Crippen molar-refractivity contribution < 1.29 is 40.7 Å². The van der Waals surface area contributed by atoms with E-state index in [1.54, 1.807) is 17.3 Å². The minimum absolute atomic E-state index is 0.0961. The van der Waals surface area contributed by atoms with Crippen molar-refractivity contribution in [3.8, 4) is 11.1 Å². The third-order valence-electron chi connectivity index (χ3n) is 7.79. The van der Waals surface area contributed by atoms with Crippen molar-refractivity contribution in [2.24, 2.45) is 11.7 Å². The van der Waals surface area contributed by atoms with Crippen LogP contribution in [0, 0.1) is 11.7 Å². The number of amides is 1. The predicted molar refractivity (Wildman–Crippen MR) is 160 cm³/mol. The number of hydrogen-bond acceptors (Lipinski definition) is 5. The zero-order valence-corrected chi connectivity index (χ0v) is 25.6. The minimum atomic E-state index is -5.08. The first-order valence-electron chi connectivity index (χ1n) is 14.3. The van der Waals surface area contributed by atoms with Crippen molar-refractivity contribution in [3.63, 3.8) is 0 Å². The van der Waals surface area contributed by atoms with Crippen LogP contribution in [0.2, 0.25) is 0 Å². The number of alkyl halides is 3. The molecule has 4 rings (SSSR count). The molecule has 1 aliphatic rings. The van der Waals surface area contributed by atoms with E-state index in [2.05, 4.69) is 24.1 Å². The fourth-order valence-corrected chi connectivity index (χ4v) is 6.24. The molecule has 1 aliphatic heterocycles. The molecule has 14 heteroatoms. The molecular formula is C30H38F4N4O5S. The Kier molecular flexibility index (Phi) is 11.6. The summed E-state index contributed by atoms with van der Waals surface area (Å²) in [6.07, 6.45) is -0.738. The first-order chi connectivity index (χ1) is 20.6. The van der Waals surface area contributed by atoms with Gasteiger partial charge in [-0.3, -0.25) is 4.79 Å². The van der Waals surface area contributed by atoms with E-state index >= 15 is 0 Å². The molecule has 0 unspecified atom stereocenters. The molecule has 44 heavy (non-hydrogen) atoms. The fourth-order valence-electron chi connectivity index (χ4n) is 5.11. The normalized spacial score (nSPS) is 15.5. The van der Waals surface area contributed by atoms with Gasteiger partial charge in [-0.25, -0.2) is 21.9 Å². The number of fused-ring (bicyclic) bond motifs is 1. The van der Waals surface area contributed by atoms with E-state index in [4.69, 9.17) is 15.6 Å². The van der Waals surface area contributed by atoms with Gasteiger partial charge in [-0.1, -0.05) is 20.3 Å². The quantitative estimate of drug-likeness (QED) is 0.219. The smallest absolute Gasteiger partial charge is 0.475 e. The number of rotatable bonds is 10. The van der Waals surface area contributed by atoms with Crippen LogP contribution in [0.25, 0.3) is 22.0 Å². The zero-order valence-electron chi connectivity index (χ0n) is 24.8. The highest BCUT2D eigenvalue weighted by Gasteiger charge is 2.38. The maximum atomic E-state index is 14.6. The van der Waals surface area contributed by atoms with E-state index in [0.29, 0.717) is 55.0 Å². The van der Waals surface area contributed by atoms with Crippen molar-refractivity contribution in [2.75, 3.05) is 25.4 Å². The van der Waals surface area contributed by atoms with Crippen LogP contribution in [-0.2, 0) is 21.4 Å². The summed E-state index contributed by atoms with van der Waals surface area (Å²) in [5.74, 6) is -2.88. The Hall–Kier alpha value is -3.49. The van der Waals surface area contributed by atoms with Crippen molar-refractivity contribution >= 4 is 32.8 Å². The van der Waals surface area contributed by atoms with Crippen molar-refractivity contribution in [1.29, 1.82) is 0 Å². The highest BCUT2D eigenvalue weighted by molar-refractivity contribution is 7.89. The highest BCUT2D eigenvalue weighted by atomic mass is 32.2. The lowest BCUT2D eigenvalue weighted by Gasteiger charge is -2.31. The van der Waals surface area contributed by atoms with Crippen LogP contribution < -0.4 is 11.1 Å². The van der Waals surface area contributed by atoms with Crippen molar-refractivity contribution in [3.05, 3.63) is 59.0 Å². The molecule has 0 aliphatic carbocycles. The number of aliphatic carboxylic acids is 1. The fraction of sp³-hybridized carbons (Fsp3) is 0.467. The number of carboxylic acids is 1. The van der Waals surface area contributed by atoms with Crippen LogP contribution >= 0.6 is 0 Å². The summed E-state index contributed by atoms with van der Waals surface area (Å²) in [5, 5.41) is 11.4. The number of aromatic nitrogens is 1. The minimum Gasteiger partial charge on any atom is -0.475 e. The Morgan fingerprint density at radius 1 is 1.11 bits per heavy atom. The summed E-state index contributed by atoms with van der Waals surface area (Å²) < 4.78 is 72.5. The summed E-state index contributed by atoms with van der Waals surface area (Å²) in [6, 6.07) is 8.64. The molecule has 2 aromatic carbocycles. The second-order valence-electron chi connectivity index (χ2n) is 10.9. The Morgan fingerprint density at radius 3 is 2.27 bits per heavy atom. The van der Waals surface area contributed by atoms with E-state index in [1.165, 1.54) is 12.1 Å². The number of piperidine rings is 1. The predicted octanol–water partition coefficient (Wildman–Crippen LogP) is 5.37. The monoisotopic (exact) mass is 642 g/mol. The summed E-state index contributed by atoms with van der Waals surface area (Å²) in [6.45, 7) is 8.31. The van der Waals surface area contributed by atoms with Crippen LogP contribution in [0.1, 0.15) is 67.4 Å². The molecule has 0 radical (unpaired) electrons. The van der Waals surface area contributed by atoms with Gasteiger partial charge in [0.1, 0.15) is 5.82 Å². The lowest BCUT2D eigenvalue weighted by Crippen LogP contribution is -2.38. The van der Waals surface area contributed by atoms with E-state index < -0.39 is 28.1 Å². The van der Waals surface area contributed by atoms with Crippen LogP contribution in [0.3, 0.4) is 0 Å². The number of carbonyl (C=O) groups is 2. The number of benzene rings is 2. The number of aromatic amines is 1. The lowest BCUT2D eigenvalue weighted by atomic mass is 9.88. The molecule has 1 atom stereocenters. The van der Waals surface area contributed by atoms with Crippen LogP contribution in [0.4, 0.5) is 17.6 Å². The molecule has 242 valence electrons. The van der Waals surface area contributed by atoms with Gasteiger partial charge in [0.25, 0.3) is 5.91 Å². The number of carbonyl (C=O) groups excluding carboxylic acids is 1. The van der Waals surface area contributed by atoms with Gasteiger partial charge in [0.2, 0.25) is 10.0 Å². The topological polar surface area (TPSA) is 146 Å². The molecule has 2 heterocycles. The summed E-state index contributed by atoms with van der Waals surface area (Å²) in [5.41, 5.74) is 10.0. The van der Waals surface area contributed by atoms with Gasteiger partial charge in [0, 0.05) is 31.2 Å². The number of hydrogen-bond donors (Lipinski definition) is 4. The number of nitrogens with zero attached hydrogens (tertiary/aromatic N) is 1. The van der Waals surface area contributed by atoms with Gasteiger partial charge in [0.15, 0.2) is 0 Å². The number of H-pyrrole nitrogens is 1. The Bertz CT molecular complexity index is 1580. The first kappa shape index (κ1) is 35.0. The number of sulfonamides is 1. The molecule has 1 saturated heterocycles. The molecule has 1 amide bonds. The highest BCUT2D eigenvalue weighted by Crippen LogP contribution is 2.37. The molecule has 0 spiro atoms. The molecule has 5 N–H and O–H groups in total. The SMILES string of the molecule is CC[C@H](C)CNCc1cc(F)cc(-c2cc(C(N)=O)c3[nH]cc(C4CCN(S(=O)(=O)CC)CC4)c3c2)c1.O=C(O)C(F)(F)F. The molecule has 0 saturated carbocycles. The van der Waals surface area contributed by atoms with Crippen LogP contribution in [-0.4, -0.2) is 66.3 Å². The van der Waals surface area contributed by atoms with Gasteiger partial charge in [0.05, 0.1) is 16.8 Å². The maximum absolute atomic E-state index is 14.6. The van der Waals surface area contributed by atoms with Crippen molar-refractivity contribution in [1.82, 2.24) is 14.6 Å². The molecule has 0 bridgehead atoms. The van der Waals surface area contributed by atoms with Gasteiger partial charge in [-0.15, -0.1) is 0 Å². The molecule has 1 aromatic heterocycles. The second-order valence-corrected chi connectivity index (χ2v) is 13.2. The summed E-state index contributed by atoms with van der Waals surface area (Å²) in [7, 11) is -3.21. The Labute approximate surface area is 253 Å². The van der Waals surface area contributed by atoms with Gasteiger partial charge in [-0.05, 0) is 90.7 Å². The molecule has 9 nitrogen and oxygen atoms in total. The third-order valence-corrected chi connectivity index (χ3v) is 9.67. The average Bonchev–Trinajstić information content (AvgIpc) is 3.40. The Balaban J connectivity index is 0.000000676. The van der Waals surface area contributed by atoms with E-state index in [9.17, 15) is 30.8 Å². The number of nitrogens with two attached hydrogens (primary N) is 1. The van der Waals surface area contributed by atoms with Gasteiger partial charge >= 0.3 is 12.1 Å². The standard InChI is InChI=1S/C28H37FN4O3S.C2HF3O2/c1-4-18(3)15-31-16-19-10-21(12-23(29)11-19)22-13-24-26(17-32-27(24)25(14-22)28(30)34)20-6-8-33(9-7-20)37(35,36)5-2;3-2(4,5)1(6)7/h10-14,17-18,20,31-32H,4-9,15-16H2,1-3H3,(H2,30,34);(H,6,7)/t18-;/m0./s1. The van der Waals surface area contributed by atoms with Gasteiger partial charge in [-0.2, -0.15) is 13.2 Å². The van der Waals surface area contributed by atoms with Crippen molar-refractivity contribution in [2.45, 2.75) is 58.7 Å². The number of nitrogens with one attached hydrogen (secondary N) is 2. The third kappa shape index (κ3) is 8.79. The van der Waals surface area contributed by atoms with E-state index in [0.717, 1.165) is 35.0 Å². The average molecular weight is 643 g/mol. The number of carboxylic acid groups (broad SMARTS) is 1. The molecular weight excluding hydrogens is 604 g/mol. The largest absolute Gasteiger partial charge is 0.490 e. The maximum Gasteiger partial charge on any atom is 0.490 e. The first-order valence-corrected chi connectivity index (χ1v) is 15.9. The van der Waals surface area contributed by atoms with Crippen LogP contribution in [0.5, 0.6) is 0 Å². The van der Waals surface area contributed by atoms with E-state index in [1.807, 2.05) is 18.3 Å². The van der Waals surface area contributed by atoms with Gasteiger partial charge < -0.3 is 21.1 Å². The summed E-state index contributed by atoms with van der Waals surface area (Å²) in [4.78, 5) is 24.5. The molecule has 3 aromatic rings.